The standard InChI is InChI=1S/C20H16ClN3O2/c21-18-11-4-2-7-15(18)12-23-24-19(25)13-22-20(26)17-10-5-8-14-6-1-3-9-16(14)17/h1-12H,13H2,(H,22,26)(H,24,25)/b23-12+. The summed E-state index contributed by atoms with van der Waals surface area (Å²) >= 11 is 6.00. The number of carbonyl (C=O) groups excluding carboxylic acids is 2. The number of nitrogens with zero attached hydrogens (tertiary/aromatic N) is 1. The predicted octanol–water partition coefficient (Wildman–Crippen LogP) is 3.37. The topological polar surface area (TPSA) is 70.6 Å². The van der Waals surface area contributed by atoms with Crippen LogP contribution in [-0.4, -0.2) is 24.6 Å². The lowest BCUT2D eigenvalue weighted by molar-refractivity contribution is -0.120. The number of hydrazone groups is 1. The molecule has 0 saturated carbocycles. The van der Waals surface area contributed by atoms with Gasteiger partial charge < -0.3 is 5.32 Å². The Bertz CT molecular complexity index is 980. The third-order valence-corrected chi connectivity index (χ3v) is 4.09. The van der Waals surface area contributed by atoms with Gasteiger partial charge in [0.05, 0.1) is 12.8 Å². The molecular formula is C20H16ClN3O2. The van der Waals surface area contributed by atoms with Gasteiger partial charge in [-0.15, -0.1) is 0 Å². The van der Waals surface area contributed by atoms with Crippen LogP contribution in [0.5, 0.6) is 0 Å². The Kier molecular flexibility index (Phi) is 5.61. The highest BCUT2D eigenvalue weighted by atomic mass is 35.5. The monoisotopic (exact) mass is 365 g/mol. The number of hydrogen-bond acceptors (Lipinski definition) is 3. The Labute approximate surface area is 155 Å². The molecule has 0 bridgehead atoms. The molecule has 2 N–H and O–H groups in total. The summed E-state index contributed by atoms with van der Waals surface area (Å²) in [5.41, 5.74) is 3.57. The van der Waals surface area contributed by atoms with E-state index in [4.69, 9.17) is 11.6 Å². The van der Waals surface area contributed by atoms with Gasteiger partial charge in [0.15, 0.2) is 0 Å². The lowest BCUT2D eigenvalue weighted by Crippen LogP contribution is -2.35. The number of nitrogens with one attached hydrogen (secondary N) is 2. The minimum Gasteiger partial charge on any atom is -0.343 e. The van der Waals surface area contributed by atoms with E-state index < -0.39 is 5.91 Å². The number of carbonyl (C=O) groups is 2. The van der Waals surface area contributed by atoms with Crippen molar-refractivity contribution >= 4 is 40.4 Å². The van der Waals surface area contributed by atoms with E-state index in [2.05, 4.69) is 15.8 Å². The van der Waals surface area contributed by atoms with Gasteiger partial charge >= 0.3 is 0 Å². The molecule has 3 rings (SSSR count). The van der Waals surface area contributed by atoms with Crippen LogP contribution in [0.4, 0.5) is 0 Å². The summed E-state index contributed by atoms with van der Waals surface area (Å²) in [5.74, 6) is -0.742. The molecule has 130 valence electrons. The van der Waals surface area contributed by atoms with E-state index in [9.17, 15) is 9.59 Å². The molecule has 0 spiro atoms. The number of rotatable bonds is 5. The van der Waals surface area contributed by atoms with Gasteiger partial charge in [0, 0.05) is 16.1 Å². The number of hydrogen-bond donors (Lipinski definition) is 2. The van der Waals surface area contributed by atoms with Gasteiger partial charge in [-0.25, -0.2) is 5.43 Å². The molecule has 3 aromatic rings. The zero-order valence-electron chi connectivity index (χ0n) is 13.8. The molecule has 6 heteroatoms. The highest BCUT2D eigenvalue weighted by Gasteiger charge is 2.10. The predicted molar refractivity (Wildman–Crippen MR) is 103 cm³/mol. The first-order chi connectivity index (χ1) is 12.6. The van der Waals surface area contributed by atoms with Crippen LogP contribution in [0.3, 0.4) is 0 Å². The Morgan fingerprint density at radius 2 is 1.69 bits per heavy atom. The molecule has 26 heavy (non-hydrogen) atoms. The number of amides is 2. The van der Waals surface area contributed by atoms with E-state index in [1.54, 1.807) is 24.3 Å². The molecule has 0 radical (unpaired) electrons. The van der Waals surface area contributed by atoms with Crippen molar-refractivity contribution in [3.63, 3.8) is 0 Å². The molecule has 0 atom stereocenters. The second-order valence-electron chi connectivity index (χ2n) is 5.52. The Hall–Kier alpha value is -3.18. The lowest BCUT2D eigenvalue weighted by Gasteiger charge is -2.07. The van der Waals surface area contributed by atoms with E-state index in [0.717, 1.165) is 10.8 Å². The third kappa shape index (κ3) is 4.26. The van der Waals surface area contributed by atoms with Crippen molar-refractivity contribution in [3.8, 4) is 0 Å². The molecule has 0 heterocycles. The average Bonchev–Trinajstić information content (AvgIpc) is 2.67. The van der Waals surface area contributed by atoms with Crippen LogP contribution in [0.15, 0.2) is 71.8 Å². The van der Waals surface area contributed by atoms with Gasteiger partial charge in [0.25, 0.3) is 11.8 Å². The summed E-state index contributed by atoms with van der Waals surface area (Å²) < 4.78 is 0. The Balaban J connectivity index is 1.57. The van der Waals surface area contributed by atoms with Gasteiger partial charge in [-0.2, -0.15) is 5.10 Å². The van der Waals surface area contributed by atoms with Crippen molar-refractivity contribution in [2.75, 3.05) is 6.54 Å². The number of benzene rings is 3. The van der Waals surface area contributed by atoms with Crippen molar-refractivity contribution in [2.24, 2.45) is 5.10 Å². The van der Waals surface area contributed by atoms with Crippen LogP contribution in [0.2, 0.25) is 5.02 Å². The molecule has 0 saturated heterocycles. The van der Waals surface area contributed by atoms with E-state index in [1.807, 2.05) is 42.5 Å². The van der Waals surface area contributed by atoms with Crippen molar-refractivity contribution in [3.05, 3.63) is 82.9 Å². The van der Waals surface area contributed by atoms with Crippen molar-refractivity contribution in [1.82, 2.24) is 10.7 Å². The first-order valence-corrected chi connectivity index (χ1v) is 8.35. The van der Waals surface area contributed by atoms with E-state index in [1.165, 1.54) is 6.21 Å². The van der Waals surface area contributed by atoms with E-state index >= 15 is 0 Å². The third-order valence-electron chi connectivity index (χ3n) is 3.74. The fourth-order valence-electron chi connectivity index (χ4n) is 2.47. The van der Waals surface area contributed by atoms with E-state index in [0.29, 0.717) is 16.1 Å². The summed E-state index contributed by atoms with van der Waals surface area (Å²) in [6.07, 6.45) is 1.45. The summed E-state index contributed by atoms with van der Waals surface area (Å²) in [7, 11) is 0. The van der Waals surface area contributed by atoms with Gasteiger partial charge in [-0.1, -0.05) is 66.2 Å². The second kappa shape index (κ2) is 8.27. The first-order valence-electron chi connectivity index (χ1n) is 7.97. The summed E-state index contributed by atoms with van der Waals surface area (Å²) in [6.45, 7) is -0.179. The lowest BCUT2D eigenvalue weighted by atomic mass is 10.0. The highest BCUT2D eigenvalue weighted by Crippen LogP contribution is 2.18. The number of fused-ring (bicyclic) bond motifs is 1. The Morgan fingerprint density at radius 3 is 2.54 bits per heavy atom. The summed E-state index contributed by atoms with van der Waals surface area (Å²) in [6, 6.07) is 20.2. The van der Waals surface area contributed by atoms with Crippen LogP contribution in [0, 0.1) is 0 Å². The average molecular weight is 366 g/mol. The van der Waals surface area contributed by atoms with Crippen LogP contribution in [0.25, 0.3) is 10.8 Å². The molecule has 0 aliphatic heterocycles. The molecule has 0 unspecified atom stereocenters. The zero-order valence-corrected chi connectivity index (χ0v) is 14.5. The molecule has 5 nitrogen and oxygen atoms in total. The van der Waals surface area contributed by atoms with Crippen molar-refractivity contribution < 1.29 is 9.59 Å². The maximum atomic E-state index is 12.4. The molecule has 3 aromatic carbocycles. The summed E-state index contributed by atoms with van der Waals surface area (Å²) in [5, 5.41) is 8.78. The fraction of sp³-hybridized carbons (Fsp3) is 0.0500. The van der Waals surface area contributed by atoms with Crippen LogP contribution in [0.1, 0.15) is 15.9 Å². The fourth-order valence-corrected chi connectivity index (χ4v) is 2.66. The van der Waals surface area contributed by atoms with Gasteiger partial charge in [0.1, 0.15) is 0 Å². The Morgan fingerprint density at radius 1 is 0.962 bits per heavy atom. The van der Waals surface area contributed by atoms with E-state index in [-0.39, 0.29) is 12.5 Å². The summed E-state index contributed by atoms with van der Waals surface area (Å²) in [4.78, 5) is 24.2. The minimum absolute atomic E-state index is 0.179. The van der Waals surface area contributed by atoms with Gasteiger partial charge in [-0.05, 0) is 22.9 Å². The zero-order chi connectivity index (χ0) is 18.4. The van der Waals surface area contributed by atoms with Crippen molar-refractivity contribution in [1.29, 1.82) is 0 Å². The van der Waals surface area contributed by atoms with Gasteiger partial charge in [0.2, 0.25) is 0 Å². The highest BCUT2D eigenvalue weighted by molar-refractivity contribution is 6.33. The maximum Gasteiger partial charge on any atom is 0.259 e. The number of halogens is 1. The first kappa shape index (κ1) is 17.6. The molecule has 2 amide bonds. The minimum atomic E-state index is -0.429. The quantitative estimate of drug-likeness (QED) is 0.537. The molecule has 0 fully saturated rings. The SMILES string of the molecule is O=C(CNC(=O)c1cccc2ccccc12)N/N=C/c1ccccc1Cl. The molecule has 0 aromatic heterocycles. The second-order valence-corrected chi connectivity index (χ2v) is 5.93. The molecular weight excluding hydrogens is 350 g/mol. The van der Waals surface area contributed by atoms with Crippen LogP contribution in [-0.2, 0) is 4.79 Å². The largest absolute Gasteiger partial charge is 0.343 e. The molecule has 0 aliphatic rings. The normalized spacial score (nSPS) is 10.8. The maximum absolute atomic E-state index is 12.4. The molecule has 0 aliphatic carbocycles. The van der Waals surface area contributed by atoms with Crippen LogP contribution < -0.4 is 10.7 Å². The smallest absolute Gasteiger partial charge is 0.259 e. The van der Waals surface area contributed by atoms with Crippen LogP contribution >= 0.6 is 11.6 Å². The van der Waals surface area contributed by atoms with Crippen molar-refractivity contribution in [2.45, 2.75) is 0 Å². The van der Waals surface area contributed by atoms with Gasteiger partial charge in [-0.3, -0.25) is 9.59 Å².